The third-order valence-electron chi connectivity index (χ3n) is 6.16. The smallest absolute Gasteiger partial charge is 0.402 e. The molecule has 14 heteroatoms. The Morgan fingerprint density at radius 2 is 1.89 bits per heavy atom. The number of rotatable bonds is 10. The molecule has 1 heterocycles. The van der Waals surface area contributed by atoms with Gasteiger partial charge in [-0.1, -0.05) is 19.3 Å². The molecule has 2 aliphatic carbocycles. The van der Waals surface area contributed by atoms with Gasteiger partial charge in [-0.05, 0) is 43.7 Å². The zero-order valence-electron chi connectivity index (χ0n) is 18.8. The van der Waals surface area contributed by atoms with Crippen LogP contribution in [0.5, 0.6) is 5.75 Å². The lowest BCUT2D eigenvalue weighted by Gasteiger charge is -2.25. The van der Waals surface area contributed by atoms with E-state index in [1.165, 1.54) is 0 Å². The minimum Gasteiger partial charge on any atom is -0.431 e. The third kappa shape index (κ3) is 6.38. The highest BCUT2D eigenvalue weighted by Crippen LogP contribution is 2.43. The van der Waals surface area contributed by atoms with Gasteiger partial charge in [-0.25, -0.2) is 18.3 Å². The molecule has 2 saturated carbocycles. The van der Waals surface area contributed by atoms with Crippen LogP contribution in [0.2, 0.25) is 0 Å². The minimum absolute atomic E-state index is 0.0357. The fourth-order valence-corrected chi connectivity index (χ4v) is 5.77. The monoisotopic (exact) mass is 555 g/mol. The number of hydrogen-bond acceptors (Lipinski definition) is 5. The number of hydrogen-bond donors (Lipinski definition) is 2. The Hall–Kier alpha value is -2.19. The van der Waals surface area contributed by atoms with Crippen LogP contribution in [-0.2, 0) is 17.4 Å². The highest BCUT2D eigenvalue weighted by Gasteiger charge is 2.31. The normalized spacial score (nSPS) is 17.5. The Kier molecular flexibility index (Phi) is 8.25. The molecule has 1 atom stereocenters. The van der Waals surface area contributed by atoms with Crippen LogP contribution in [0.3, 0.4) is 0 Å². The molecule has 198 valence electrons. The molecule has 2 aromatic rings. The van der Waals surface area contributed by atoms with Crippen molar-refractivity contribution in [2.24, 2.45) is 5.92 Å². The van der Waals surface area contributed by atoms with Gasteiger partial charge >= 0.3 is 12.8 Å². The Balaban J connectivity index is 1.71. The maximum atomic E-state index is 15.2. The molecule has 36 heavy (non-hydrogen) atoms. The molecule has 0 spiro atoms. The highest BCUT2D eigenvalue weighted by molar-refractivity contribution is 7.83. The highest BCUT2D eigenvalue weighted by atomic mass is 32.2. The number of halogens is 6. The fourth-order valence-electron chi connectivity index (χ4n) is 3.86. The van der Waals surface area contributed by atoms with Gasteiger partial charge in [-0.2, -0.15) is 22.0 Å². The van der Waals surface area contributed by atoms with Crippen molar-refractivity contribution in [3.8, 4) is 16.2 Å². The van der Waals surface area contributed by atoms with Crippen LogP contribution >= 0.6 is 11.3 Å². The number of benzene rings is 1. The fraction of sp³-hybridized carbons (Fsp3) is 0.545. The van der Waals surface area contributed by atoms with Crippen molar-refractivity contribution in [1.82, 2.24) is 15.0 Å². The second kappa shape index (κ2) is 11.1. The van der Waals surface area contributed by atoms with Gasteiger partial charge in [-0.3, -0.25) is 4.79 Å². The number of nitrogens with one attached hydrogen (secondary N) is 2. The maximum Gasteiger partial charge on any atom is 0.402 e. The van der Waals surface area contributed by atoms with Crippen LogP contribution in [0, 0.1) is 11.7 Å². The molecule has 4 rings (SSSR count). The zero-order valence-corrected chi connectivity index (χ0v) is 20.4. The van der Waals surface area contributed by atoms with Crippen molar-refractivity contribution in [1.29, 1.82) is 0 Å². The van der Waals surface area contributed by atoms with E-state index in [9.17, 15) is 31.0 Å². The molecule has 0 bridgehead atoms. The van der Waals surface area contributed by atoms with Crippen molar-refractivity contribution in [2.75, 3.05) is 6.54 Å². The Labute approximate surface area is 209 Å². The van der Waals surface area contributed by atoms with Crippen LogP contribution in [-0.4, -0.2) is 40.5 Å². The number of nitrogens with zero attached hydrogens (tertiary/aromatic N) is 1. The number of aromatic nitrogens is 1. The average molecular weight is 556 g/mol. The van der Waals surface area contributed by atoms with Crippen LogP contribution in [0.4, 0.5) is 26.3 Å². The molecule has 0 aliphatic heterocycles. The van der Waals surface area contributed by atoms with Gasteiger partial charge in [0.15, 0.2) is 16.6 Å². The van der Waals surface area contributed by atoms with Crippen molar-refractivity contribution < 1.29 is 40.1 Å². The maximum absolute atomic E-state index is 15.2. The first-order chi connectivity index (χ1) is 17.0. The predicted octanol–water partition coefficient (Wildman–Crippen LogP) is 5.35. The van der Waals surface area contributed by atoms with Crippen molar-refractivity contribution in [3.05, 3.63) is 28.7 Å². The number of thiazole rings is 1. The minimum atomic E-state index is -4.72. The van der Waals surface area contributed by atoms with E-state index in [4.69, 9.17) is 0 Å². The summed E-state index contributed by atoms with van der Waals surface area (Å²) in [7, 11) is -2.69. The SMILES string of the molecule is O=C(NC1CCC1)c1nc(CC2CCC2)c(-c2ccc(S(=O)NCC(F)(F)F)c(F)c2OC(F)F)s1. The predicted molar refractivity (Wildman–Crippen MR) is 121 cm³/mol. The molecule has 1 aromatic heterocycles. The Bertz CT molecular complexity index is 1130. The summed E-state index contributed by atoms with van der Waals surface area (Å²) in [5.41, 5.74) is 0.282. The van der Waals surface area contributed by atoms with Crippen LogP contribution in [0.1, 0.15) is 54.0 Å². The largest absolute Gasteiger partial charge is 0.431 e. The van der Waals surface area contributed by atoms with Crippen molar-refractivity contribution in [3.63, 3.8) is 0 Å². The third-order valence-corrected chi connectivity index (χ3v) is 8.41. The van der Waals surface area contributed by atoms with Gasteiger partial charge in [-0.15, -0.1) is 11.3 Å². The van der Waals surface area contributed by atoms with Crippen molar-refractivity contribution in [2.45, 2.75) is 68.7 Å². The van der Waals surface area contributed by atoms with Gasteiger partial charge in [0.1, 0.15) is 17.5 Å². The first-order valence-electron chi connectivity index (χ1n) is 11.3. The molecule has 2 fully saturated rings. The van der Waals surface area contributed by atoms with Gasteiger partial charge in [0, 0.05) is 11.6 Å². The topological polar surface area (TPSA) is 80.3 Å². The van der Waals surface area contributed by atoms with Gasteiger partial charge in [0.05, 0.1) is 15.5 Å². The number of amides is 1. The molecular weight excluding hydrogens is 532 g/mol. The summed E-state index contributed by atoms with van der Waals surface area (Å²) < 4.78 is 97.4. The molecule has 2 N–H and O–H groups in total. The summed E-state index contributed by atoms with van der Waals surface area (Å²) in [5.74, 6) is -2.59. The average Bonchev–Trinajstić information content (AvgIpc) is 3.16. The number of alkyl halides is 5. The second-order valence-corrected chi connectivity index (χ2v) is 11.0. The van der Waals surface area contributed by atoms with E-state index in [0.29, 0.717) is 12.1 Å². The lowest BCUT2D eigenvalue weighted by atomic mass is 9.82. The lowest BCUT2D eigenvalue weighted by molar-refractivity contribution is -0.121. The van der Waals surface area contributed by atoms with E-state index in [1.807, 2.05) is 0 Å². The second-order valence-electron chi connectivity index (χ2n) is 8.74. The number of carbonyl (C=O) groups is 1. The number of carbonyl (C=O) groups excluding carboxylic acids is 1. The zero-order chi connectivity index (χ0) is 26.0. The summed E-state index contributed by atoms with van der Waals surface area (Å²) in [6, 6.07) is 2.13. The van der Waals surface area contributed by atoms with Crippen LogP contribution in [0.15, 0.2) is 17.0 Å². The van der Waals surface area contributed by atoms with Crippen LogP contribution < -0.4 is 14.8 Å². The summed E-state index contributed by atoms with van der Waals surface area (Å²) in [6.45, 7) is -5.14. The summed E-state index contributed by atoms with van der Waals surface area (Å²) in [5, 5.41) is 2.95. The molecule has 1 unspecified atom stereocenters. The summed E-state index contributed by atoms with van der Waals surface area (Å²) in [4.78, 5) is 16.6. The van der Waals surface area contributed by atoms with Gasteiger partial charge < -0.3 is 10.1 Å². The molecular formula is C22H23F6N3O3S2. The van der Waals surface area contributed by atoms with E-state index in [-0.39, 0.29) is 27.4 Å². The van der Waals surface area contributed by atoms with Gasteiger partial charge in [0.2, 0.25) is 0 Å². The standard InChI is InChI=1S/C22H23F6N3O3S2/c23-16-15(36(33)29-10-22(26,27)28)8-7-13(17(16)34-21(24)25)18-14(9-11-3-1-4-11)31-20(35-18)19(32)30-12-5-2-6-12/h7-8,11-12,21,29H,1-6,9-10H2,(H,30,32). The summed E-state index contributed by atoms with van der Waals surface area (Å²) >= 11 is 0.897. The van der Waals surface area contributed by atoms with E-state index in [1.54, 1.807) is 4.72 Å². The van der Waals surface area contributed by atoms with Crippen LogP contribution in [0.25, 0.3) is 10.4 Å². The van der Waals surface area contributed by atoms with E-state index >= 15 is 4.39 Å². The van der Waals surface area contributed by atoms with Crippen molar-refractivity contribution >= 4 is 28.2 Å². The van der Waals surface area contributed by atoms with Gasteiger partial charge in [0.25, 0.3) is 5.91 Å². The Morgan fingerprint density at radius 3 is 2.44 bits per heavy atom. The molecule has 6 nitrogen and oxygen atoms in total. The first-order valence-corrected chi connectivity index (χ1v) is 13.3. The molecule has 1 amide bonds. The number of ether oxygens (including phenoxy) is 1. The quantitative estimate of drug-likeness (QED) is 0.388. The molecule has 0 saturated heterocycles. The first kappa shape index (κ1) is 26.9. The van der Waals surface area contributed by atoms with E-state index in [2.05, 4.69) is 15.0 Å². The Morgan fingerprint density at radius 1 is 1.19 bits per heavy atom. The van der Waals surface area contributed by atoms with E-state index < -0.39 is 52.7 Å². The molecule has 2 aliphatic rings. The molecule has 1 aromatic carbocycles. The van der Waals surface area contributed by atoms with E-state index in [0.717, 1.165) is 62.0 Å². The summed E-state index contributed by atoms with van der Waals surface area (Å²) in [6.07, 6.45) is 1.30. The lowest BCUT2D eigenvalue weighted by Crippen LogP contribution is -2.39. The molecule has 0 radical (unpaired) electrons.